The van der Waals surface area contributed by atoms with Crippen LogP contribution in [0.4, 0.5) is 0 Å². The summed E-state index contributed by atoms with van der Waals surface area (Å²) in [6.07, 6.45) is 0.219. The van der Waals surface area contributed by atoms with Gasteiger partial charge in [-0.25, -0.2) is 0 Å². The molecule has 0 amide bonds. The predicted molar refractivity (Wildman–Crippen MR) is 200 cm³/mol. The Labute approximate surface area is 308 Å². The van der Waals surface area contributed by atoms with Crippen LogP contribution in [0, 0.1) is 5.41 Å². The van der Waals surface area contributed by atoms with E-state index in [2.05, 4.69) is 0 Å². The fourth-order valence-electron chi connectivity index (χ4n) is 5.99. The molecule has 50 heavy (non-hydrogen) atoms. The summed E-state index contributed by atoms with van der Waals surface area (Å²) in [6.45, 7) is 33.6. The highest BCUT2D eigenvalue weighted by Crippen LogP contribution is 2.58. The molecular weight excluding hydrogens is 785 g/mol. The first kappa shape index (κ1) is 41.9. The van der Waals surface area contributed by atoms with E-state index in [0.29, 0.717) is 6.42 Å². The Morgan fingerprint density at radius 1 is 0.440 bits per heavy atom. The summed E-state index contributed by atoms with van der Waals surface area (Å²) >= 11 is 0. The van der Waals surface area contributed by atoms with E-state index in [9.17, 15) is 4.79 Å². The normalized spacial score (nSPS) is 43.3. The minimum Gasteiger partial charge on any atom is -0.461 e. The SMILES string of the molecule is CCC(C)(C)C(=O)OC[Si]12O[Si]3(C(C)C)O[Si]4(C(C)C)O[Si](C(C)C)(O1)O[Si]1(C(C)C)O[Si](C(C)C)(O2)O[Si](C(C)C)(O3)O[Si](C(C)C)(O4)O1. The second-order valence-corrected chi connectivity index (χ2v) is 45.0. The molecule has 22 heteroatoms. The molecule has 6 saturated heterocycles. The topological polar surface area (TPSA) is 137 Å². The molecule has 0 unspecified atom stereocenters. The first-order valence-electron chi connectivity index (χ1n) is 18.4. The van der Waals surface area contributed by atoms with Crippen molar-refractivity contribution in [1.82, 2.24) is 0 Å². The molecule has 6 aliphatic rings. The van der Waals surface area contributed by atoms with Gasteiger partial charge in [0.05, 0.1) is 5.41 Å². The van der Waals surface area contributed by atoms with Crippen LogP contribution in [0.1, 0.15) is 124 Å². The lowest BCUT2D eigenvalue weighted by atomic mass is 9.91. The van der Waals surface area contributed by atoms with E-state index in [1.165, 1.54) is 0 Å². The highest BCUT2D eigenvalue weighted by molar-refractivity contribution is 7.04. The van der Waals surface area contributed by atoms with Gasteiger partial charge in [-0.15, -0.1) is 0 Å². The molecule has 14 nitrogen and oxygen atoms in total. The second-order valence-electron chi connectivity index (χ2n) is 17.0. The van der Waals surface area contributed by atoms with Crippen LogP contribution >= 0.6 is 0 Å². The maximum absolute atomic E-state index is 13.7. The summed E-state index contributed by atoms with van der Waals surface area (Å²) < 4.78 is 95.9. The van der Waals surface area contributed by atoms with Crippen LogP contribution in [-0.4, -0.2) is 82.6 Å². The molecule has 0 aliphatic carbocycles. The Balaban J connectivity index is 1.94. The van der Waals surface area contributed by atoms with Gasteiger partial charge in [-0.1, -0.05) is 104 Å². The average Bonchev–Trinajstić information content (AvgIpc) is 2.93. The average molecular weight is 847 g/mol. The Kier molecular flexibility index (Phi) is 11.3. The molecule has 0 aromatic carbocycles. The molecule has 0 saturated carbocycles. The minimum atomic E-state index is -4.35. The molecule has 8 bridgehead atoms. The third-order valence-corrected chi connectivity index (χ3v) is 48.2. The lowest BCUT2D eigenvalue weighted by molar-refractivity contribution is -0.154. The first-order chi connectivity index (χ1) is 22.8. The molecule has 6 fully saturated rings. The third kappa shape index (κ3) is 6.59. The number of esters is 1. The van der Waals surface area contributed by atoms with Crippen molar-refractivity contribution in [3.8, 4) is 0 Å². The van der Waals surface area contributed by atoms with Crippen LogP contribution in [0.25, 0.3) is 0 Å². The molecule has 0 atom stereocenters. The van der Waals surface area contributed by atoms with Crippen LogP contribution in [0.3, 0.4) is 0 Å². The highest BCUT2D eigenvalue weighted by Gasteiger charge is 2.86. The first-order valence-corrected chi connectivity index (χ1v) is 32.9. The Morgan fingerprint density at radius 3 is 0.820 bits per heavy atom. The largest absolute Gasteiger partial charge is 0.518 e. The van der Waals surface area contributed by atoms with Crippen LogP contribution in [0.2, 0.25) is 38.8 Å². The van der Waals surface area contributed by atoms with Crippen molar-refractivity contribution < 1.29 is 58.9 Å². The zero-order valence-electron chi connectivity index (χ0n) is 33.2. The third-order valence-electron chi connectivity index (χ3n) is 10.2. The summed E-state index contributed by atoms with van der Waals surface area (Å²) in [5.74, 6) is -0.414. The monoisotopic (exact) mass is 846 g/mol. The summed E-state index contributed by atoms with van der Waals surface area (Å²) in [6, 6.07) is 0. The van der Waals surface area contributed by atoms with Crippen molar-refractivity contribution in [1.29, 1.82) is 0 Å². The van der Waals surface area contributed by atoms with Gasteiger partial charge in [0.15, 0.2) is 6.23 Å². The fourth-order valence-corrected chi connectivity index (χ4v) is 59.3. The van der Waals surface area contributed by atoms with Crippen LogP contribution in [0.15, 0.2) is 0 Å². The number of ether oxygens (including phenoxy) is 1. The van der Waals surface area contributed by atoms with Gasteiger partial charge in [0, 0.05) is 38.8 Å². The number of carbonyl (C=O) groups is 1. The zero-order chi connectivity index (χ0) is 37.7. The summed E-state index contributed by atoms with van der Waals surface area (Å²) in [5.41, 5.74) is -3.10. The van der Waals surface area contributed by atoms with Crippen LogP contribution in [0.5, 0.6) is 0 Å². The van der Waals surface area contributed by atoms with Gasteiger partial charge >= 0.3 is 76.4 Å². The molecule has 0 N–H and O–H groups in total. The van der Waals surface area contributed by atoms with E-state index < -0.39 is 81.8 Å². The number of carbonyl (C=O) groups excluding carboxylic acids is 1. The van der Waals surface area contributed by atoms with E-state index >= 15 is 0 Å². The lowest BCUT2D eigenvalue weighted by Crippen LogP contribution is -2.90. The molecular formula is C28H62O14Si8. The second kappa shape index (κ2) is 13.4. The van der Waals surface area contributed by atoms with Crippen molar-refractivity contribution in [2.75, 3.05) is 6.23 Å². The maximum Gasteiger partial charge on any atom is 0.518 e. The van der Waals surface area contributed by atoms with Crippen LogP contribution < -0.4 is 0 Å². The predicted octanol–water partition coefficient (Wildman–Crippen LogP) is 7.15. The molecule has 290 valence electrons. The maximum atomic E-state index is 13.7. The van der Waals surface area contributed by atoms with Gasteiger partial charge in [-0.2, -0.15) is 0 Å². The molecule has 0 radical (unpaired) electrons. The van der Waals surface area contributed by atoms with Crippen molar-refractivity contribution in [3.63, 3.8) is 0 Å². The van der Waals surface area contributed by atoms with Gasteiger partial charge < -0.3 is 54.1 Å². The summed E-state index contributed by atoms with van der Waals surface area (Å²) in [4.78, 5) is 13.7. The van der Waals surface area contributed by atoms with Gasteiger partial charge in [0.1, 0.15) is 0 Å². The van der Waals surface area contributed by atoms with Crippen molar-refractivity contribution in [3.05, 3.63) is 0 Å². The van der Waals surface area contributed by atoms with Gasteiger partial charge in [-0.05, 0) is 20.3 Å². The standard InChI is InChI=1S/C28H62O14Si8/c1-18-28(16,17)27(29)30-19-43-31-44(20(2)3)34-47(23(8)9)36-45(32-43,21(4)5)38-49(25(12)13)39-46(33-43,22(6)7)37-48(35-44,24(10)11)41-50(40-47,42-49)26(14)15/h20-26H,18-19H2,1-17H3. The highest BCUT2D eigenvalue weighted by atomic mass is 28.6. The van der Waals surface area contributed by atoms with E-state index in [1.54, 1.807) is 0 Å². The zero-order valence-corrected chi connectivity index (χ0v) is 41.2. The van der Waals surface area contributed by atoms with Gasteiger partial charge in [-0.3, -0.25) is 4.79 Å². The quantitative estimate of drug-likeness (QED) is 0.154. The van der Waals surface area contributed by atoms with Gasteiger partial charge in [0.25, 0.3) is 0 Å². The van der Waals surface area contributed by atoms with Crippen molar-refractivity contribution in [2.45, 2.75) is 163 Å². The Hall–Kier alpha value is 0.725. The summed E-state index contributed by atoms with van der Waals surface area (Å²) in [5, 5.41) is 0. The summed E-state index contributed by atoms with van der Waals surface area (Å²) in [7, 11) is -32.5. The minimum absolute atomic E-state index is 0.283. The molecule has 6 rings (SSSR count). The van der Waals surface area contributed by atoms with Gasteiger partial charge in [0.2, 0.25) is 0 Å². The Bertz CT molecular complexity index is 1160. The van der Waals surface area contributed by atoms with Crippen LogP contribution in [-0.2, 0) is 58.9 Å². The fraction of sp³-hybridized carbons (Fsp3) is 0.964. The van der Waals surface area contributed by atoms with E-state index in [0.717, 1.165) is 0 Å². The van der Waals surface area contributed by atoms with E-state index in [-0.39, 0.29) is 45.0 Å². The van der Waals surface area contributed by atoms with E-state index in [1.807, 2.05) is 118 Å². The molecule has 0 aromatic heterocycles. The molecule has 6 heterocycles. The number of hydrogen-bond donors (Lipinski definition) is 0. The molecule has 0 spiro atoms. The van der Waals surface area contributed by atoms with E-state index in [4.69, 9.17) is 54.1 Å². The van der Waals surface area contributed by atoms with Crippen molar-refractivity contribution >= 4 is 76.4 Å². The number of rotatable bonds is 11. The lowest BCUT2D eigenvalue weighted by Gasteiger charge is -2.65. The van der Waals surface area contributed by atoms with Crippen molar-refractivity contribution in [2.24, 2.45) is 5.41 Å². The Morgan fingerprint density at radius 2 is 0.640 bits per heavy atom. The molecule has 0 aromatic rings. The number of hydrogen-bond acceptors (Lipinski definition) is 14. The molecule has 6 aliphatic heterocycles. The smallest absolute Gasteiger partial charge is 0.461 e.